The Morgan fingerprint density at radius 1 is 0.212 bits per heavy atom. The third kappa shape index (κ3) is 15.4. The normalized spacial score (nSPS) is 12.1. The molecule has 0 aromatic heterocycles. The highest BCUT2D eigenvalue weighted by Crippen LogP contribution is 2.37. The molecule has 0 aliphatic heterocycles. The van der Waals surface area contributed by atoms with Crippen LogP contribution >= 0.6 is 0 Å². The summed E-state index contributed by atoms with van der Waals surface area (Å²) in [6, 6.07) is 9.69. The minimum atomic E-state index is -1.58. The predicted molar refractivity (Wildman–Crippen MR) is 390 cm³/mol. The molecule has 2 aliphatic carbocycles. The van der Waals surface area contributed by atoms with Crippen LogP contribution in [-0.4, -0.2) is 76.0 Å². The number of rotatable bonds is 16. The number of carbonyl (C=O) groups is 4. The van der Waals surface area contributed by atoms with Crippen LogP contribution < -0.4 is 161 Å². The lowest BCUT2D eigenvalue weighted by molar-refractivity contribution is -0.124. The molecule has 0 saturated heterocycles. The van der Waals surface area contributed by atoms with E-state index < -0.39 is 184 Å². The quantitative estimate of drug-likeness (QED) is 0.0751. The molecule has 0 heterocycles. The summed E-state index contributed by atoms with van der Waals surface area (Å²) in [5, 5.41) is 19.0. The molecule has 0 atom stereocenters. The van der Waals surface area contributed by atoms with Crippen molar-refractivity contribution in [1.29, 1.82) is 0 Å². The van der Waals surface area contributed by atoms with Gasteiger partial charge in [-0.2, -0.15) is 0 Å². The van der Waals surface area contributed by atoms with Gasteiger partial charge in [-0.1, -0.05) is 0 Å². The minimum absolute atomic E-state index is 0.0271. The van der Waals surface area contributed by atoms with Crippen molar-refractivity contribution in [2.45, 2.75) is 55.4 Å². The number of methoxy groups -OCH3 is 6. The molecule has 0 saturated carbocycles. The number of aliphatic hydroxyl groups is 2. The molecule has 2 N–H and O–H groups in total. The van der Waals surface area contributed by atoms with E-state index in [0.29, 0.717) is 33.8 Å². The summed E-state index contributed by atoms with van der Waals surface area (Å²) in [6.45, 7) is 11.8. The zero-order valence-electron chi connectivity index (χ0n) is 60.7. The highest BCUT2D eigenvalue weighted by Gasteiger charge is 2.40. The van der Waals surface area contributed by atoms with Crippen LogP contribution in [0.5, 0.6) is 80.5 Å². The lowest BCUT2D eigenvalue weighted by Gasteiger charge is -2.18. The van der Waals surface area contributed by atoms with Gasteiger partial charge in [-0.25, -0.2) is 0 Å². The van der Waals surface area contributed by atoms with Crippen LogP contribution in [0.15, 0.2) is 172 Å². The first-order valence-electron chi connectivity index (χ1n) is 31.4. The van der Waals surface area contributed by atoms with Gasteiger partial charge in [0.15, 0.2) is 46.1 Å². The summed E-state index contributed by atoms with van der Waals surface area (Å²) in [5.74, 6) is -9.41. The predicted octanol–water partition coefficient (Wildman–Crippen LogP) is -2.42. The van der Waals surface area contributed by atoms with Crippen molar-refractivity contribution in [2.75, 3.05) is 42.7 Å². The average Bonchev–Trinajstić information content (AvgIpc) is 1.16. The molecule has 11 aromatic carbocycles. The fourth-order valence-electron chi connectivity index (χ4n) is 9.80. The Morgan fingerprint density at radius 2 is 0.478 bits per heavy atom. The number of ketones is 4. The lowest BCUT2D eigenvalue weighted by atomic mass is 9.93. The van der Waals surface area contributed by atoms with E-state index in [4.69, 9.17) is 33.2 Å². The monoisotopic (exact) mass is 1560 g/mol. The van der Waals surface area contributed by atoms with Crippen molar-refractivity contribution < 1.29 is 81.5 Å². The average molecular weight is 1560 g/mol. The first kappa shape index (κ1) is 84.7. The second kappa shape index (κ2) is 33.3. The smallest absolute Gasteiger partial charge is 0.281 e. The summed E-state index contributed by atoms with van der Waals surface area (Å²) in [5.41, 5.74) is -16.3. The standard InChI is InChI=1S/C16H10O6.C12H6O8.C12H8O8.C12H10O4.C11H6O7.C6H6O3.C6H6O2/c1-7-14(19)15(20)16(7)22-11-6-5-10(21-2)12-8(17)3-4-9(18)13(11)12;1-3-4(13)7(16)10(3)20-12-9(18)6(15)5(14)8(17)11(12)19-2;1-3-4(13)5(14)10(3)20-12-8(17)6(15)11(19-2)7(16)9(12)18;1-7-10(13)11(14)12(7)16-9-5-3-8(15-2)4-6-9;1-3-4(12)6(14)9(3)18-11-8(16)5(13)7(15)10(11)17-2;1-3-4(7)5(8)6(3)9-2;1-3-4(2)6(8)5(3)7/h3-6H,1-2H3;1-2H3;15,18H,1-2H3;3-6H,1-2H3;1-2H3;1-2H3;1-2H3. The number of allylic oxidation sites excluding steroid dienone is 2. The van der Waals surface area contributed by atoms with Crippen molar-refractivity contribution in [1.82, 2.24) is 0 Å². The van der Waals surface area contributed by atoms with Gasteiger partial charge in [-0.05, 0) is 104 Å². The fraction of sp³-hybridized carbons (Fsp3) is 0.187. The van der Waals surface area contributed by atoms with E-state index in [1.54, 1.807) is 59.1 Å². The van der Waals surface area contributed by atoms with E-state index in [-0.39, 0.29) is 78.7 Å². The van der Waals surface area contributed by atoms with Crippen molar-refractivity contribution in [3.63, 3.8) is 0 Å². The first-order valence-corrected chi connectivity index (χ1v) is 31.4. The number of Topliss-reactive ketones (excluding diaryl/α,β-unsaturated/α-hetero) is 2. The van der Waals surface area contributed by atoms with Crippen LogP contribution in [0, 0.1) is 55.4 Å². The van der Waals surface area contributed by atoms with Crippen molar-refractivity contribution in [3.8, 4) is 80.5 Å². The van der Waals surface area contributed by atoms with Gasteiger partial charge in [0, 0.05) is 44.5 Å². The molecule has 38 heteroatoms. The first-order chi connectivity index (χ1) is 52.9. The molecule has 0 fully saturated rings. The van der Waals surface area contributed by atoms with Crippen molar-refractivity contribution in [3.05, 3.63) is 342 Å². The lowest BCUT2D eigenvalue weighted by Crippen LogP contribution is -2.47. The number of fused-ring (bicyclic) bond motifs is 1. The summed E-state index contributed by atoms with van der Waals surface area (Å²) < 4.78 is 53.5. The third-order valence-electron chi connectivity index (χ3n) is 16.7. The maximum absolute atomic E-state index is 12.1. The Labute approximate surface area is 622 Å². The Bertz CT molecular complexity index is 6890. The molecule has 580 valence electrons. The second-order valence-electron chi connectivity index (χ2n) is 23.3. The Morgan fingerprint density at radius 3 is 0.796 bits per heavy atom. The zero-order valence-corrected chi connectivity index (χ0v) is 60.7. The van der Waals surface area contributed by atoms with E-state index in [1.165, 1.54) is 54.0 Å². The number of carbonyl (C=O) groups excluding carboxylic acids is 4. The molecular formula is C75H52O38. The molecule has 0 unspecified atom stereocenters. The molecular weight excluding hydrogens is 1510 g/mol. The minimum Gasteiger partial charge on any atom is -0.501 e. The van der Waals surface area contributed by atoms with Crippen LogP contribution in [0.3, 0.4) is 0 Å². The van der Waals surface area contributed by atoms with Gasteiger partial charge in [-0.15, -0.1) is 0 Å². The molecule has 13 rings (SSSR count). The number of hydrogen-bond acceptors (Lipinski definition) is 38. The van der Waals surface area contributed by atoms with Crippen molar-refractivity contribution in [2.24, 2.45) is 0 Å². The van der Waals surface area contributed by atoms with Gasteiger partial charge in [0.2, 0.25) is 89.5 Å². The highest BCUT2D eigenvalue weighted by atomic mass is 16.5. The van der Waals surface area contributed by atoms with Crippen LogP contribution in [-0.2, 0) is 14.3 Å². The SMILES string of the molecule is COC1=C(O)C(=O)C(Oc2c(C)c(=O)c2=O)=C(O)C1=O.COc1c(C)c(=O)c1=O.COc1c(Oc2c(C)c(=O)c2=O)c(=O)c(=O)c(=O)c1=O.COc1c(Oc2c(C)c(=O)c2=O)c(=O)c(=O)c1=O.COc1ccc(Oc2c(C)c(=O)c2=O)c2c1C(=O)C=CC2=O.COc1ccc(Oc2c(C)c(=O)c2=O)cc1.Cc1c(C)c(=O)c1=O. The summed E-state index contributed by atoms with van der Waals surface area (Å²) in [7, 11) is 7.42. The van der Waals surface area contributed by atoms with Gasteiger partial charge in [-0.3, -0.25) is 120 Å². The fourth-order valence-corrected chi connectivity index (χ4v) is 9.80. The molecule has 11 aromatic rings. The van der Waals surface area contributed by atoms with E-state index in [0.717, 1.165) is 33.5 Å². The van der Waals surface area contributed by atoms with Gasteiger partial charge < -0.3 is 62.3 Å². The van der Waals surface area contributed by atoms with Gasteiger partial charge in [0.05, 0.1) is 53.8 Å². The number of hydrogen-bond donors (Lipinski definition) is 2. The summed E-state index contributed by atoms with van der Waals surface area (Å²) in [4.78, 5) is 280. The van der Waals surface area contributed by atoms with Gasteiger partial charge in [0.1, 0.15) is 23.0 Å². The van der Waals surface area contributed by atoms with Gasteiger partial charge in [0.25, 0.3) is 82.1 Å². The molecule has 0 spiro atoms. The summed E-state index contributed by atoms with van der Waals surface area (Å²) >= 11 is 0. The Kier molecular flexibility index (Phi) is 25.0. The maximum atomic E-state index is 12.1. The van der Waals surface area contributed by atoms with E-state index in [1.807, 2.05) is 0 Å². The Balaban J connectivity index is 0.000000186. The molecule has 113 heavy (non-hydrogen) atoms. The van der Waals surface area contributed by atoms with E-state index in [9.17, 15) is 130 Å². The third-order valence-corrected chi connectivity index (χ3v) is 16.7. The molecule has 0 amide bonds. The molecule has 0 radical (unpaired) electrons. The van der Waals surface area contributed by atoms with Crippen LogP contribution in [0.25, 0.3) is 0 Å². The van der Waals surface area contributed by atoms with E-state index in [2.05, 4.69) is 18.9 Å². The number of benzene rings is 3. The van der Waals surface area contributed by atoms with Crippen LogP contribution in [0.1, 0.15) is 65.2 Å². The summed E-state index contributed by atoms with van der Waals surface area (Å²) in [6.07, 6.45) is 2.28. The second-order valence-corrected chi connectivity index (χ2v) is 23.3. The largest absolute Gasteiger partial charge is 0.501 e. The van der Waals surface area contributed by atoms with Crippen molar-refractivity contribution >= 4 is 23.1 Å². The zero-order chi connectivity index (χ0) is 85.0. The molecule has 0 bridgehead atoms. The number of ether oxygens (including phenoxy) is 11. The van der Waals surface area contributed by atoms with Gasteiger partial charge >= 0.3 is 0 Å². The van der Waals surface area contributed by atoms with Crippen LogP contribution in [0.4, 0.5) is 0 Å². The molecule has 2 aliphatic rings. The number of aliphatic hydroxyl groups excluding tert-OH is 2. The maximum Gasteiger partial charge on any atom is 0.281 e. The van der Waals surface area contributed by atoms with E-state index >= 15 is 0 Å². The topological polar surface area (TPSA) is 569 Å². The Hall–Kier alpha value is -15.5. The molecule has 38 nitrogen and oxygen atoms in total. The highest BCUT2D eigenvalue weighted by molar-refractivity contribution is 6.24. The van der Waals surface area contributed by atoms with Crippen LogP contribution in [0.2, 0.25) is 0 Å².